The van der Waals surface area contributed by atoms with Crippen LogP contribution in [0.5, 0.6) is 0 Å². The number of rotatable bonds is 4. The zero-order valence-corrected chi connectivity index (χ0v) is 11.2. The zero-order valence-electron chi connectivity index (χ0n) is 10.4. The van der Waals surface area contributed by atoms with E-state index in [9.17, 15) is 0 Å². The number of nitrogens with zero attached hydrogens (tertiary/aromatic N) is 3. The van der Waals surface area contributed by atoms with Crippen LogP contribution in [0.1, 0.15) is 6.92 Å². The Morgan fingerprint density at radius 3 is 2.84 bits per heavy atom. The van der Waals surface area contributed by atoms with E-state index in [1.165, 1.54) is 0 Å². The third kappa shape index (κ3) is 2.53. The topological polar surface area (TPSA) is 66.5 Å². The van der Waals surface area contributed by atoms with Crippen molar-refractivity contribution in [1.82, 2.24) is 19.9 Å². The van der Waals surface area contributed by atoms with Crippen LogP contribution in [0.15, 0.2) is 46.6 Å². The van der Waals surface area contributed by atoms with Gasteiger partial charge >= 0.3 is 0 Å². The van der Waals surface area contributed by atoms with Crippen LogP contribution in [0, 0.1) is 0 Å². The molecule has 3 aromatic rings. The molecular weight excluding hydrogens is 258 g/mol. The molecular formula is C13H13N5S. The fourth-order valence-electron chi connectivity index (χ4n) is 1.72. The molecule has 0 atom stereocenters. The minimum Gasteiger partial charge on any atom is -0.354 e. The predicted octanol–water partition coefficient (Wildman–Crippen LogP) is 2.94. The number of nitrogens with one attached hydrogen (secondary N) is 2. The fraction of sp³-hybridized carbons (Fsp3) is 0.154. The molecule has 0 spiro atoms. The van der Waals surface area contributed by atoms with Gasteiger partial charge in [-0.2, -0.15) is 4.98 Å². The summed E-state index contributed by atoms with van der Waals surface area (Å²) in [4.78, 5) is 17.3. The van der Waals surface area contributed by atoms with Crippen molar-refractivity contribution in [2.45, 2.75) is 16.8 Å². The second-order valence-electron chi connectivity index (χ2n) is 3.90. The molecule has 0 amide bonds. The van der Waals surface area contributed by atoms with E-state index in [-0.39, 0.29) is 0 Å². The van der Waals surface area contributed by atoms with Crippen molar-refractivity contribution in [3.63, 3.8) is 0 Å². The van der Waals surface area contributed by atoms with Gasteiger partial charge in [-0.1, -0.05) is 30.0 Å². The molecule has 0 bridgehead atoms. The summed E-state index contributed by atoms with van der Waals surface area (Å²) in [5, 5.41) is 4.01. The lowest BCUT2D eigenvalue weighted by atomic mass is 10.4. The van der Waals surface area contributed by atoms with Gasteiger partial charge in [0.2, 0.25) is 5.95 Å². The van der Waals surface area contributed by atoms with E-state index in [1.54, 1.807) is 18.1 Å². The van der Waals surface area contributed by atoms with Gasteiger partial charge in [-0.15, -0.1) is 0 Å². The number of fused-ring (bicyclic) bond motifs is 1. The van der Waals surface area contributed by atoms with E-state index >= 15 is 0 Å². The first-order valence-corrected chi connectivity index (χ1v) is 6.86. The van der Waals surface area contributed by atoms with Crippen molar-refractivity contribution in [3.05, 3.63) is 36.7 Å². The molecule has 0 aliphatic heterocycles. The molecule has 0 aliphatic carbocycles. The Morgan fingerprint density at radius 1 is 1.21 bits per heavy atom. The third-order valence-electron chi connectivity index (χ3n) is 2.55. The van der Waals surface area contributed by atoms with E-state index in [1.807, 2.05) is 25.1 Å². The van der Waals surface area contributed by atoms with Crippen molar-refractivity contribution < 1.29 is 0 Å². The molecule has 19 heavy (non-hydrogen) atoms. The summed E-state index contributed by atoms with van der Waals surface area (Å²) in [6, 6.07) is 10.1. The Hall–Kier alpha value is -2.08. The highest BCUT2D eigenvalue weighted by atomic mass is 32.2. The molecule has 3 rings (SSSR count). The Bertz CT molecular complexity index is 680. The largest absolute Gasteiger partial charge is 0.354 e. The van der Waals surface area contributed by atoms with Gasteiger partial charge in [-0.3, -0.25) is 0 Å². The van der Waals surface area contributed by atoms with Gasteiger partial charge < -0.3 is 10.3 Å². The first-order chi connectivity index (χ1) is 9.36. The van der Waals surface area contributed by atoms with Gasteiger partial charge in [-0.25, -0.2) is 9.97 Å². The summed E-state index contributed by atoms with van der Waals surface area (Å²) >= 11 is 1.60. The molecule has 5 nitrogen and oxygen atoms in total. The first-order valence-electron chi connectivity index (χ1n) is 6.04. The summed E-state index contributed by atoms with van der Waals surface area (Å²) in [7, 11) is 0. The highest BCUT2D eigenvalue weighted by Crippen LogP contribution is 2.30. The summed E-state index contributed by atoms with van der Waals surface area (Å²) in [6.07, 6.45) is 1.64. The molecule has 0 fully saturated rings. The molecule has 0 saturated carbocycles. The van der Waals surface area contributed by atoms with Crippen molar-refractivity contribution in [3.8, 4) is 0 Å². The number of aromatic amines is 1. The lowest BCUT2D eigenvalue weighted by Gasteiger charge is -2.05. The van der Waals surface area contributed by atoms with E-state index in [4.69, 9.17) is 0 Å². The highest BCUT2D eigenvalue weighted by Gasteiger charge is 2.10. The van der Waals surface area contributed by atoms with Gasteiger partial charge in [0.1, 0.15) is 10.5 Å². The van der Waals surface area contributed by atoms with E-state index < -0.39 is 0 Å². The molecule has 2 aromatic heterocycles. The molecule has 0 unspecified atom stereocenters. The second-order valence-corrected chi connectivity index (χ2v) is 4.96. The minimum atomic E-state index is 0.612. The molecule has 2 heterocycles. The maximum absolute atomic E-state index is 4.53. The van der Waals surface area contributed by atoms with E-state index in [0.29, 0.717) is 11.6 Å². The van der Waals surface area contributed by atoms with Gasteiger partial charge in [0.25, 0.3) is 0 Å². The van der Waals surface area contributed by atoms with Crippen LogP contribution in [0.25, 0.3) is 11.2 Å². The van der Waals surface area contributed by atoms with Gasteiger partial charge in [-0.05, 0) is 19.1 Å². The Kier molecular flexibility index (Phi) is 3.33. The number of anilines is 1. The first kappa shape index (κ1) is 12.0. The smallest absolute Gasteiger partial charge is 0.225 e. The normalized spacial score (nSPS) is 10.8. The molecule has 0 aliphatic rings. The Labute approximate surface area is 114 Å². The molecule has 0 radical (unpaired) electrons. The quantitative estimate of drug-likeness (QED) is 0.714. The summed E-state index contributed by atoms with van der Waals surface area (Å²) in [6.45, 7) is 2.80. The molecule has 6 heteroatoms. The predicted molar refractivity (Wildman–Crippen MR) is 76.4 cm³/mol. The number of H-pyrrole nitrogens is 1. The maximum atomic E-state index is 4.53. The van der Waals surface area contributed by atoms with Crippen molar-refractivity contribution >= 4 is 28.9 Å². The number of hydrogen-bond donors (Lipinski definition) is 2. The lowest BCUT2D eigenvalue weighted by Crippen LogP contribution is -2.03. The molecule has 96 valence electrons. The van der Waals surface area contributed by atoms with Gasteiger partial charge in [0.15, 0.2) is 5.65 Å². The van der Waals surface area contributed by atoms with Crippen LogP contribution in [0.3, 0.4) is 0 Å². The van der Waals surface area contributed by atoms with Crippen molar-refractivity contribution in [1.29, 1.82) is 0 Å². The SMILES string of the molecule is CCNc1nc(Sc2ccccc2)c2[nH]cnc2n1. The van der Waals surface area contributed by atoms with Crippen LogP contribution in [0.2, 0.25) is 0 Å². The highest BCUT2D eigenvalue weighted by molar-refractivity contribution is 7.99. The lowest BCUT2D eigenvalue weighted by molar-refractivity contribution is 1.04. The van der Waals surface area contributed by atoms with Crippen LogP contribution in [0.4, 0.5) is 5.95 Å². The number of hydrogen-bond acceptors (Lipinski definition) is 5. The summed E-state index contributed by atoms with van der Waals surface area (Å²) < 4.78 is 0. The van der Waals surface area contributed by atoms with Crippen LogP contribution < -0.4 is 5.32 Å². The summed E-state index contributed by atoms with van der Waals surface area (Å²) in [5.74, 6) is 0.612. The van der Waals surface area contributed by atoms with Crippen LogP contribution in [-0.2, 0) is 0 Å². The zero-order chi connectivity index (χ0) is 13.1. The fourth-order valence-corrected chi connectivity index (χ4v) is 2.62. The number of imidazole rings is 1. The van der Waals surface area contributed by atoms with Crippen molar-refractivity contribution in [2.24, 2.45) is 0 Å². The second kappa shape index (κ2) is 5.27. The Balaban J connectivity index is 2.03. The summed E-state index contributed by atoms with van der Waals surface area (Å²) in [5.41, 5.74) is 1.56. The van der Waals surface area contributed by atoms with Gasteiger partial charge in [0, 0.05) is 11.4 Å². The van der Waals surface area contributed by atoms with Gasteiger partial charge in [0.05, 0.1) is 6.33 Å². The number of aromatic nitrogens is 4. The monoisotopic (exact) mass is 271 g/mol. The average molecular weight is 271 g/mol. The maximum Gasteiger partial charge on any atom is 0.225 e. The Morgan fingerprint density at radius 2 is 2.05 bits per heavy atom. The van der Waals surface area contributed by atoms with Crippen LogP contribution >= 0.6 is 11.8 Å². The molecule has 1 aromatic carbocycles. The van der Waals surface area contributed by atoms with Crippen LogP contribution in [-0.4, -0.2) is 26.5 Å². The average Bonchev–Trinajstić information content (AvgIpc) is 2.89. The number of benzene rings is 1. The van der Waals surface area contributed by atoms with E-state index in [0.717, 1.165) is 22.0 Å². The van der Waals surface area contributed by atoms with E-state index in [2.05, 4.69) is 37.4 Å². The van der Waals surface area contributed by atoms with Crippen molar-refractivity contribution in [2.75, 3.05) is 11.9 Å². The standard InChI is InChI=1S/C13H13N5S/c1-2-14-13-17-11-10(15-8-16-11)12(18-13)19-9-6-4-3-5-7-9/h3-8H,2H2,1H3,(H2,14,15,16,17,18). The third-order valence-corrected chi connectivity index (χ3v) is 3.54. The molecule has 0 saturated heterocycles. The molecule has 2 N–H and O–H groups in total. The minimum absolute atomic E-state index is 0.612.